The van der Waals surface area contributed by atoms with Crippen LogP contribution in [0.4, 0.5) is 0 Å². The molecular weight excluding hydrogens is 592 g/mol. The number of aliphatic hydroxyl groups is 6. The summed E-state index contributed by atoms with van der Waals surface area (Å²) in [6.45, 7) is 0.845. The average Bonchev–Trinajstić information content (AvgIpc) is 2.98. The summed E-state index contributed by atoms with van der Waals surface area (Å²) < 4.78 is 33.2. The van der Waals surface area contributed by atoms with E-state index >= 15 is 0 Å². The third-order valence-corrected chi connectivity index (χ3v) is 7.50. The SMILES string of the molecule is COc1cc(-c2oc3cc(O)cc(O)c3c(=O)c2O[C@@H]2O[C@@H](CO[C@@H]3O[C@H](C)[C@H](O)[C@@H](O)[C@H]3O)[C@H](O)[C@H](O)[C@H]2O)ccc1O. The van der Waals surface area contributed by atoms with Gasteiger partial charge in [0.05, 0.1) is 19.8 Å². The van der Waals surface area contributed by atoms with Gasteiger partial charge in [-0.25, -0.2) is 0 Å². The molecule has 5 rings (SSSR count). The van der Waals surface area contributed by atoms with Crippen LogP contribution in [-0.2, 0) is 14.2 Å². The van der Waals surface area contributed by atoms with E-state index in [1.165, 1.54) is 32.2 Å². The first-order valence-electron chi connectivity index (χ1n) is 13.4. The summed E-state index contributed by atoms with van der Waals surface area (Å²) in [7, 11) is 1.28. The lowest BCUT2D eigenvalue weighted by molar-refractivity contribution is -0.318. The quantitative estimate of drug-likeness (QED) is 0.147. The molecule has 10 atom stereocenters. The van der Waals surface area contributed by atoms with Crippen LogP contribution >= 0.6 is 0 Å². The summed E-state index contributed by atoms with van der Waals surface area (Å²) >= 11 is 0. The number of hydrogen-bond acceptors (Lipinski definition) is 16. The van der Waals surface area contributed by atoms with Gasteiger partial charge in [-0.05, 0) is 25.1 Å². The smallest absolute Gasteiger partial charge is 0.239 e. The second-order valence-electron chi connectivity index (χ2n) is 10.5. The van der Waals surface area contributed by atoms with Crippen molar-refractivity contribution in [3.05, 3.63) is 40.6 Å². The number of rotatable bonds is 7. The zero-order valence-corrected chi connectivity index (χ0v) is 23.3. The lowest BCUT2D eigenvalue weighted by Crippen LogP contribution is -2.61. The fourth-order valence-corrected chi connectivity index (χ4v) is 4.99. The third kappa shape index (κ3) is 5.74. The van der Waals surface area contributed by atoms with Gasteiger partial charge in [0, 0.05) is 17.7 Å². The van der Waals surface area contributed by atoms with E-state index in [4.69, 9.17) is 28.1 Å². The highest BCUT2D eigenvalue weighted by Crippen LogP contribution is 2.39. The molecule has 0 saturated carbocycles. The summed E-state index contributed by atoms with van der Waals surface area (Å²) in [6.07, 6.45) is -16.0. The van der Waals surface area contributed by atoms with E-state index in [0.717, 1.165) is 12.1 Å². The fraction of sp³-hybridized carbons (Fsp3) is 0.464. The molecule has 16 heteroatoms. The number of phenolic OH excluding ortho intramolecular Hbond substituents is 3. The van der Waals surface area contributed by atoms with Gasteiger partial charge >= 0.3 is 0 Å². The van der Waals surface area contributed by atoms with Gasteiger partial charge in [-0.1, -0.05) is 0 Å². The second kappa shape index (κ2) is 12.4. The second-order valence-corrected chi connectivity index (χ2v) is 10.5. The molecule has 240 valence electrons. The van der Waals surface area contributed by atoms with E-state index in [2.05, 4.69) is 0 Å². The zero-order chi connectivity index (χ0) is 32.0. The van der Waals surface area contributed by atoms with Crippen LogP contribution in [-0.4, -0.2) is 121 Å². The molecule has 0 radical (unpaired) electrons. The molecule has 3 aromatic rings. The van der Waals surface area contributed by atoms with Crippen LogP contribution in [0.2, 0.25) is 0 Å². The lowest BCUT2D eigenvalue weighted by atomic mass is 9.98. The molecule has 0 bridgehead atoms. The first-order chi connectivity index (χ1) is 20.8. The van der Waals surface area contributed by atoms with Gasteiger partial charge < -0.3 is 74.1 Å². The van der Waals surface area contributed by atoms with Crippen molar-refractivity contribution < 1.29 is 74.1 Å². The Hall–Kier alpha value is -3.71. The Morgan fingerprint density at radius 1 is 0.795 bits per heavy atom. The monoisotopic (exact) mass is 624 g/mol. The molecule has 1 aromatic heterocycles. The molecule has 2 aliphatic rings. The normalized spacial score (nSPS) is 32.5. The number of methoxy groups -OCH3 is 1. The number of ether oxygens (including phenoxy) is 5. The maximum Gasteiger partial charge on any atom is 0.239 e. The van der Waals surface area contributed by atoms with Crippen LogP contribution in [0.15, 0.2) is 39.5 Å². The molecule has 16 nitrogen and oxygen atoms in total. The average molecular weight is 625 g/mol. The maximum atomic E-state index is 13.7. The molecule has 2 saturated heterocycles. The predicted octanol–water partition coefficient (Wildman–Crippen LogP) is -1.38. The number of phenols is 3. The summed E-state index contributed by atoms with van der Waals surface area (Å²) in [4.78, 5) is 13.7. The zero-order valence-electron chi connectivity index (χ0n) is 23.3. The molecule has 2 fully saturated rings. The van der Waals surface area contributed by atoms with Crippen LogP contribution < -0.4 is 14.9 Å². The van der Waals surface area contributed by atoms with Crippen LogP contribution in [0.1, 0.15) is 6.92 Å². The van der Waals surface area contributed by atoms with E-state index in [0.29, 0.717) is 0 Å². The van der Waals surface area contributed by atoms with Crippen molar-refractivity contribution >= 4 is 11.0 Å². The minimum absolute atomic E-state index is 0.0151. The van der Waals surface area contributed by atoms with Crippen molar-refractivity contribution in [1.29, 1.82) is 0 Å². The Labute approximate surface area is 248 Å². The van der Waals surface area contributed by atoms with Gasteiger partial charge in [0.15, 0.2) is 23.5 Å². The number of aromatic hydroxyl groups is 3. The molecule has 0 amide bonds. The van der Waals surface area contributed by atoms with Crippen LogP contribution in [0, 0.1) is 0 Å². The first kappa shape index (κ1) is 31.7. The van der Waals surface area contributed by atoms with Crippen molar-refractivity contribution in [2.24, 2.45) is 0 Å². The van der Waals surface area contributed by atoms with E-state index in [9.17, 15) is 50.8 Å². The Kier molecular flexibility index (Phi) is 8.90. The summed E-state index contributed by atoms with van der Waals surface area (Å²) in [5.74, 6) is -2.28. The fourth-order valence-electron chi connectivity index (χ4n) is 4.99. The summed E-state index contributed by atoms with van der Waals surface area (Å²) in [5.41, 5.74) is -1.11. The maximum absolute atomic E-state index is 13.7. The van der Waals surface area contributed by atoms with Crippen LogP contribution in [0.5, 0.6) is 28.7 Å². The Balaban J connectivity index is 1.49. The van der Waals surface area contributed by atoms with E-state index < -0.39 is 96.1 Å². The molecule has 0 spiro atoms. The van der Waals surface area contributed by atoms with Crippen molar-refractivity contribution in [3.8, 4) is 40.1 Å². The minimum Gasteiger partial charge on any atom is -0.508 e. The molecule has 2 aromatic carbocycles. The highest BCUT2D eigenvalue weighted by Gasteiger charge is 2.47. The van der Waals surface area contributed by atoms with Crippen molar-refractivity contribution in [1.82, 2.24) is 0 Å². The molecule has 0 unspecified atom stereocenters. The van der Waals surface area contributed by atoms with Gasteiger partial charge in [-0.3, -0.25) is 4.79 Å². The number of aliphatic hydroxyl groups excluding tert-OH is 6. The summed E-state index contributed by atoms with van der Waals surface area (Å²) in [6, 6.07) is 5.83. The van der Waals surface area contributed by atoms with Crippen LogP contribution in [0.3, 0.4) is 0 Å². The van der Waals surface area contributed by atoms with Crippen LogP contribution in [0.25, 0.3) is 22.3 Å². The number of hydrogen-bond donors (Lipinski definition) is 9. The van der Waals surface area contributed by atoms with Gasteiger partial charge in [-0.2, -0.15) is 0 Å². The topological polar surface area (TPSA) is 258 Å². The van der Waals surface area contributed by atoms with Gasteiger partial charge in [0.2, 0.25) is 17.5 Å². The van der Waals surface area contributed by atoms with E-state index in [1.54, 1.807) is 0 Å². The highest BCUT2D eigenvalue weighted by molar-refractivity contribution is 5.88. The highest BCUT2D eigenvalue weighted by atomic mass is 16.7. The minimum atomic E-state index is -1.94. The van der Waals surface area contributed by atoms with Crippen molar-refractivity contribution in [3.63, 3.8) is 0 Å². The first-order valence-corrected chi connectivity index (χ1v) is 13.4. The molecule has 44 heavy (non-hydrogen) atoms. The molecule has 9 N–H and O–H groups in total. The van der Waals surface area contributed by atoms with E-state index in [-0.39, 0.29) is 28.4 Å². The van der Waals surface area contributed by atoms with E-state index in [1.807, 2.05) is 0 Å². The van der Waals surface area contributed by atoms with Gasteiger partial charge in [0.25, 0.3) is 0 Å². The standard InChI is InChI=1S/C28H32O16/c1-9-18(32)21(35)23(37)27(41-9)40-8-16-19(33)22(36)24(38)28(43-16)44-26-20(34)17-13(31)6-11(29)7-15(17)42-25(26)10-3-4-12(30)14(5-10)39-2/h3-7,9,16,18-19,21-24,27-33,35-38H,8H2,1-2H3/t9-,16+,18+,19+,21-,22+,23-,24-,27-,28+/m1/s1. The van der Waals surface area contributed by atoms with Gasteiger partial charge in [-0.15, -0.1) is 0 Å². The summed E-state index contributed by atoms with van der Waals surface area (Å²) in [5, 5.41) is 92.1. The molecule has 2 aliphatic heterocycles. The van der Waals surface area contributed by atoms with Crippen molar-refractivity contribution in [2.75, 3.05) is 13.7 Å². The Morgan fingerprint density at radius 2 is 1.48 bits per heavy atom. The molecular formula is C28H32O16. The van der Waals surface area contributed by atoms with Gasteiger partial charge in [0.1, 0.15) is 65.2 Å². The van der Waals surface area contributed by atoms with Crippen molar-refractivity contribution in [2.45, 2.75) is 68.3 Å². The Bertz CT molecular complexity index is 1560. The largest absolute Gasteiger partial charge is 0.508 e. The number of fused-ring (bicyclic) bond motifs is 1. The predicted molar refractivity (Wildman–Crippen MR) is 145 cm³/mol. The molecule has 3 heterocycles. The Morgan fingerprint density at radius 3 is 2.18 bits per heavy atom. The molecule has 0 aliphatic carbocycles. The number of benzene rings is 2. The lowest BCUT2D eigenvalue weighted by Gasteiger charge is -2.42. The third-order valence-electron chi connectivity index (χ3n) is 7.50.